The number of halogens is 8. The fourth-order valence-electron chi connectivity index (χ4n) is 15.7. The second-order valence-electron chi connectivity index (χ2n) is 32.3. The molecule has 6 atom stereocenters. The zero-order valence-electron chi connectivity index (χ0n) is 69.4. The van der Waals surface area contributed by atoms with Gasteiger partial charge in [0.2, 0.25) is 17.7 Å². The standard InChI is InChI=1S/C31H31ClF2N6O3.C29H28Cl2FN7O2.C28H35ClFN5O/c1-7-25(42)38-13-18(6)39(14-17(38)5)29-20-10-21(32)27(19-11-22(33)23(34)12-24(19)41)36-30(20)40(31(43)37-29)28-16(4)8-9-35-26(28)15(2)3;1-6-22(40)37-12-17(5)38(13-16(37)4)27-19-11-20(30)24(18-9-7-8-10-21(18)32)35-28(19)39(29(41)36-27)25-23(15(2)3)33-14-34-26(25)31;1-8-24(36)33-14-18(3)34(15-17(33)2)26-21-13-22(29)25(20-11-9-10-12-23(20)30)32-27(21)35(19(4)31-26)16-28(5,6)7/h7-12,15,17-18,41H,1,13-14H2,2-6H3;6-11,14-17H,1,12-13H2,2-5H3;9-13,17-18H,4,8,14-16H2,1-3,5-7H3. The van der Waals surface area contributed by atoms with Gasteiger partial charge >= 0.3 is 11.4 Å². The number of aryl methyl sites for hydroxylation is 1. The first kappa shape index (κ1) is 88.1. The molecule has 0 radical (unpaired) electrons. The van der Waals surface area contributed by atoms with E-state index in [4.69, 9.17) is 66.3 Å². The Labute approximate surface area is 713 Å². The fraction of sp³-hybridized carbons (Fsp3) is 0.364. The van der Waals surface area contributed by atoms with Crippen molar-refractivity contribution in [2.24, 2.45) is 10.4 Å². The van der Waals surface area contributed by atoms with Gasteiger partial charge in [0.25, 0.3) is 0 Å². The number of amidine groups is 1. The maximum atomic E-state index is 14.9. The van der Waals surface area contributed by atoms with Crippen LogP contribution in [0.25, 0.3) is 67.2 Å². The van der Waals surface area contributed by atoms with Crippen LogP contribution in [0.3, 0.4) is 0 Å². The van der Waals surface area contributed by atoms with Crippen molar-refractivity contribution in [3.05, 3.63) is 222 Å². The maximum absolute atomic E-state index is 14.9. The number of anilines is 3. The van der Waals surface area contributed by atoms with E-state index in [1.165, 1.54) is 39.7 Å². The molecule has 32 heteroatoms. The van der Waals surface area contributed by atoms with Crippen molar-refractivity contribution in [1.82, 2.24) is 68.6 Å². The van der Waals surface area contributed by atoms with Crippen LogP contribution in [-0.2, 0) is 14.4 Å². The van der Waals surface area contributed by atoms with E-state index in [2.05, 4.69) is 84.2 Å². The molecule has 6 unspecified atom stereocenters. The van der Waals surface area contributed by atoms with Crippen LogP contribution < -0.4 is 26.1 Å². The lowest BCUT2D eigenvalue weighted by Crippen LogP contribution is -2.60. The molecule has 4 aliphatic heterocycles. The quantitative estimate of drug-likeness (QED) is 0.0639. The molecule has 7 aromatic heterocycles. The Morgan fingerprint density at radius 3 is 1.49 bits per heavy atom. The summed E-state index contributed by atoms with van der Waals surface area (Å²) in [4.78, 5) is 120. The number of carbonyl (C=O) groups is 3. The number of amides is 3. The lowest BCUT2D eigenvalue weighted by molar-refractivity contribution is -0.135. The molecule has 120 heavy (non-hydrogen) atoms. The summed E-state index contributed by atoms with van der Waals surface area (Å²) >= 11 is 26.8. The van der Waals surface area contributed by atoms with Gasteiger partial charge in [0, 0.05) is 117 Å². The molecule has 11 heterocycles. The van der Waals surface area contributed by atoms with Gasteiger partial charge in [-0.05, 0) is 138 Å². The van der Waals surface area contributed by atoms with Crippen LogP contribution >= 0.6 is 46.4 Å². The molecule has 24 nitrogen and oxygen atoms in total. The van der Waals surface area contributed by atoms with Gasteiger partial charge in [-0.2, -0.15) is 9.97 Å². The van der Waals surface area contributed by atoms with E-state index in [1.54, 1.807) is 70.6 Å². The monoisotopic (exact) mass is 1710 g/mol. The zero-order chi connectivity index (χ0) is 87.3. The summed E-state index contributed by atoms with van der Waals surface area (Å²) in [6.45, 7) is 44.5. The van der Waals surface area contributed by atoms with Gasteiger partial charge in [-0.1, -0.05) is 146 Å². The molecule has 0 spiro atoms. The highest BCUT2D eigenvalue weighted by Gasteiger charge is 2.41. The molecule has 3 saturated heterocycles. The van der Waals surface area contributed by atoms with E-state index < -0.39 is 34.6 Å². The molecule has 3 fully saturated rings. The van der Waals surface area contributed by atoms with Crippen molar-refractivity contribution < 1.29 is 37.1 Å². The molecule has 3 aromatic carbocycles. The van der Waals surface area contributed by atoms with Gasteiger partial charge in [0.05, 0.1) is 65.6 Å². The average molecular weight is 1720 g/mol. The van der Waals surface area contributed by atoms with E-state index in [0.717, 1.165) is 23.0 Å². The topological polar surface area (TPSA) is 254 Å². The first-order valence-electron chi connectivity index (χ1n) is 39.4. The van der Waals surface area contributed by atoms with Crippen molar-refractivity contribution in [3.8, 4) is 50.9 Å². The van der Waals surface area contributed by atoms with Gasteiger partial charge in [-0.25, -0.2) is 66.2 Å². The number of aromatic nitrogens is 10. The summed E-state index contributed by atoms with van der Waals surface area (Å²) in [7, 11) is 0. The van der Waals surface area contributed by atoms with Crippen LogP contribution in [0.15, 0.2) is 150 Å². The molecule has 0 bridgehead atoms. The SMILES string of the molecule is C=C1N=C(N2CC(C)N(C(=O)CC)CC2C)c2cc(Cl)c(-c3ccccc3F)nc2N1CC(C)(C)C.C=CC(=O)N1CC(C)N(c2nc(=O)n(-c3c(C)ccnc3C(C)C)c3nc(-c4cc(F)c(F)cc4O)c(Cl)cc23)CC1C.C=CC(=O)N1CC(C)N(c2nc(=O)n(-c3c(Cl)ncnc3C(C)C)c3nc(-c4ccccc4F)c(Cl)cc23)CC1C. The Morgan fingerprint density at radius 2 is 0.992 bits per heavy atom. The Hall–Kier alpha value is -11.2. The molecule has 10 aromatic rings. The number of hydrogen-bond donors (Lipinski definition) is 1. The van der Waals surface area contributed by atoms with Crippen LogP contribution in [0.4, 0.5) is 35.0 Å². The second-order valence-corrected chi connectivity index (χ2v) is 33.9. The van der Waals surface area contributed by atoms with Crippen LogP contribution in [-0.4, -0.2) is 179 Å². The van der Waals surface area contributed by atoms with Gasteiger partial charge in [-0.15, -0.1) is 0 Å². The lowest BCUT2D eigenvalue weighted by atomic mass is 9.95. The minimum atomic E-state index is -1.23. The largest absolute Gasteiger partial charge is 0.507 e. The van der Waals surface area contributed by atoms with E-state index in [1.807, 2.05) is 94.9 Å². The molecule has 1 N–H and O–H groups in total. The second kappa shape index (κ2) is 35.6. The Morgan fingerprint density at radius 1 is 0.542 bits per heavy atom. The van der Waals surface area contributed by atoms with Gasteiger partial charge in [0.1, 0.15) is 58.5 Å². The number of rotatable bonds is 13. The third kappa shape index (κ3) is 17.4. The number of aliphatic imine (C=N–C) groups is 1. The number of phenolic OH excluding ortho intramolecular Hbond substituents is 1. The summed E-state index contributed by atoms with van der Waals surface area (Å²) < 4.78 is 60.5. The summed E-state index contributed by atoms with van der Waals surface area (Å²) in [5.41, 5.74) is 3.23. The molecular weight excluding hydrogens is 1620 g/mol. The Balaban J connectivity index is 0.000000166. The summed E-state index contributed by atoms with van der Waals surface area (Å²) in [5.74, 6) is -1.67. The maximum Gasteiger partial charge on any atom is 0.356 e. The van der Waals surface area contributed by atoms with E-state index in [0.29, 0.717) is 126 Å². The van der Waals surface area contributed by atoms with Gasteiger partial charge < -0.3 is 39.4 Å². The highest BCUT2D eigenvalue weighted by atomic mass is 35.5. The van der Waals surface area contributed by atoms with E-state index >= 15 is 0 Å². The van der Waals surface area contributed by atoms with E-state index in [9.17, 15) is 46.6 Å². The zero-order valence-corrected chi connectivity index (χ0v) is 72.4. The fourth-order valence-corrected chi connectivity index (χ4v) is 16.7. The number of pyridine rings is 4. The molecule has 0 saturated carbocycles. The minimum absolute atomic E-state index is 0.0234. The minimum Gasteiger partial charge on any atom is -0.507 e. The van der Waals surface area contributed by atoms with Gasteiger partial charge in [-0.3, -0.25) is 19.4 Å². The predicted molar refractivity (Wildman–Crippen MR) is 465 cm³/mol. The van der Waals surface area contributed by atoms with Crippen molar-refractivity contribution >= 4 is 109 Å². The smallest absolute Gasteiger partial charge is 0.356 e. The predicted octanol–water partition coefficient (Wildman–Crippen LogP) is 16.9. The normalized spacial score (nSPS) is 18.2. The summed E-state index contributed by atoms with van der Waals surface area (Å²) in [6, 6.07) is 20.1. The van der Waals surface area contributed by atoms with Crippen molar-refractivity contribution in [2.75, 3.05) is 60.5 Å². The molecule has 14 rings (SSSR count). The highest BCUT2D eigenvalue weighted by molar-refractivity contribution is 6.35. The molecule has 4 aliphatic rings. The van der Waals surface area contributed by atoms with Crippen LogP contribution in [0.1, 0.15) is 138 Å². The Bertz CT molecular complexity index is 5920. The number of piperazine rings is 3. The van der Waals surface area contributed by atoms with Crippen LogP contribution in [0, 0.1) is 35.6 Å². The first-order chi connectivity index (χ1) is 56.8. The molecular formula is C88H94Cl4F4N18O6. The summed E-state index contributed by atoms with van der Waals surface area (Å²) in [6.07, 6.45) is 6.04. The van der Waals surface area contributed by atoms with Crippen LogP contribution in [0.2, 0.25) is 20.2 Å². The number of phenols is 1. The first-order valence-corrected chi connectivity index (χ1v) is 40.9. The highest BCUT2D eigenvalue weighted by Crippen LogP contribution is 2.44. The Kier molecular flexibility index (Phi) is 26.1. The number of hydrogen-bond acceptors (Lipinski definition) is 19. The average Bonchev–Trinajstić information content (AvgIpc) is 0.742. The van der Waals surface area contributed by atoms with Crippen molar-refractivity contribution in [3.63, 3.8) is 0 Å². The molecule has 0 aliphatic carbocycles. The van der Waals surface area contributed by atoms with Crippen LogP contribution in [0.5, 0.6) is 5.75 Å². The van der Waals surface area contributed by atoms with E-state index in [-0.39, 0.29) is 132 Å². The third-order valence-corrected chi connectivity index (χ3v) is 22.7. The van der Waals surface area contributed by atoms with Crippen molar-refractivity contribution in [1.29, 1.82) is 0 Å². The number of fused-ring (bicyclic) bond motifs is 3. The number of aromatic hydroxyl groups is 1. The van der Waals surface area contributed by atoms with Gasteiger partial charge in [0.15, 0.2) is 28.1 Å². The molecule has 3 amide bonds. The van der Waals surface area contributed by atoms with Crippen molar-refractivity contribution in [2.45, 2.75) is 158 Å². The lowest BCUT2D eigenvalue weighted by Gasteiger charge is -2.47. The molecule has 628 valence electrons. The number of nitrogens with zero attached hydrogens (tertiary/aromatic N) is 18. The summed E-state index contributed by atoms with van der Waals surface area (Å²) in [5, 5.41) is 12.0. The number of carbonyl (C=O) groups excluding carboxylic acids is 3. The number of benzene rings is 3. The third-order valence-electron chi connectivity index (χ3n) is 21.6.